The highest BCUT2D eigenvalue weighted by Gasteiger charge is 2.83. The molecule has 2 heterocycles. The molecule has 2 saturated heterocycles. The highest BCUT2D eigenvalue weighted by atomic mass is 16.7. The monoisotopic (exact) mass is 786 g/mol. The predicted molar refractivity (Wildman–Crippen MR) is 196 cm³/mol. The van der Waals surface area contributed by atoms with Gasteiger partial charge in [0.25, 0.3) is 0 Å². The van der Waals surface area contributed by atoms with E-state index >= 15 is 0 Å². The van der Waals surface area contributed by atoms with Gasteiger partial charge in [-0.1, -0.05) is 34.6 Å². The van der Waals surface area contributed by atoms with Crippen molar-refractivity contribution in [3.63, 3.8) is 0 Å². The smallest absolute Gasteiger partial charge is 0.186 e. The van der Waals surface area contributed by atoms with Gasteiger partial charge in [0.05, 0.1) is 43.2 Å². The molecule has 0 amide bonds. The van der Waals surface area contributed by atoms with E-state index in [-0.39, 0.29) is 52.1 Å². The maximum absolute atomic E-state index is 11.7. The first-order valence-corrected chi connectivity index (χ1v) is 20.9. The summed E-state index contributed by atoms with van der Waals surface area (Å²) >= 11 is 0. The standard InChI is InChI=1S/C41H70O14/c1-19(20(43)14-26(45)37(4,5)51)28-22(53-35-33(50)31(48)30(47)23(16-42)54-35)15-39(7)25-9-8-24-36(2,3)27(55-34-32(49)29(46)21(44)17-52-34)10-11-40(24)18-41(25,40)13-12-38(28,39)6/h19-35,42-51H,8-18H2,1-7H3/t19-,20?,21-,22?,23-,24+,25+,26?,27?,28+,29+,30-,31+,32-,33-,34+,35-,38-,39+,40-,41+/m1/s1. The molecular formula is C41H70O14. The molecule has 5 saturated carbocycles. The van der Waals surface area contributed by atoms with Crippen LogP contribution in [0.4, 0.5) is 0 Å². The molecule has 0 aromatic rings. The maximum atomic E-state index is 11.7. The first-order chi connectivity index (χ1) is 25.5. The van der Waals surface area contributed by atoms with Gasteiger partial charge in [0, 0.05) is 6.42 Å². The summed E-state index contributed by atoms with van der Waals surface area (Å²) in [5, 5.41) is 106. The van der Waals surface area contributed by atoms with Gasteiger partial charge in [-0.25, -0.2) is 0 Å². The number of fused-ring (bicyclic) bond motifs is 2. The van der Waals surface area contributed by atoms with Crippen molar-refractivity contribution in [1.29, 1.82) is 0 Å². The van der Waals surface area contributed by atoms with Gasteiger partial charge < -0.3 is 70.0 Å². The van der Waals surface area contributed by atoms with Crippen LogP contribution in [0.2, 0.25) is 0 Å². The van der Waals surface area contributed by atoms with E-state index < -0.39 is 91.7 Å². The van der Waals surface area contributed by atoms with E-state index in [1.165, 1.54) is 13.8 Å². The second kappa shape index (κ2) is 14.3. The predicted octanol–water partition coefficient (Wildman–Crippen LogP) is 0.564. The van der Waals surface area contributed by atoms with Crippen LogP contribution in [-0.4, -0.2) is 150 Å². The zero-order valence-electron chi connectivity index (χ0n) is 33.7. The molecule has 318 valence electrons. The van der Waals surface area contributed by atoms with Gasteiger partial charge in [-0.05, 0) is 116 Å². The van der Waals surface area contributed by atoms with E-state index in [9.17, 15) is 51.1 Å². The van der Waals surface area contributed by atoms with Gasteiger partial charge in [0.2, 0.25) is 0 Å². The summed E-state index contributed by atoms with van der Waals surface area (Å²) in [5.41, 5.74) is -2.13. The van der Waals surface area contributed by atoms with Gasteiger partial charge in [0.15, 0.2) is 12.6 Å². The van der Waals surface area contributed by atoms with Crippen LogP contribution in [0.5, 0.6) is 0 Å². The highest BCUT2D eigenvalue weighted by molar-refractivity contribution is 5.31. The zero-order chi connectivity index (χ0) is 40.4. The Bertz CT molecular complexity index is 1390. The molecule has 0 radical (unpaired) electrons. The van der Waals surface area contributed by atoms with E-state index in [1.807, 2.05) is 6.92 Å². The average Bonchev–Trinajstić information content (AvgIpc) is 3.72. The van der Waals surface area contributed by atoms with Crippen molar-refractivity contribution in [2.75, 3.05) is 13.2 Å². The van der Waals surface area contributed by atoms with E-state index in [0.29, 0.717) is 18.3 Å². The fourth-order valence-corrected chi connectivity index (χ4v) is 14.1. The van der Waals surface area contributed by atoms with Crippen molar-refractivity contribution in [3.8, 4) is 0 Å². The molecule has 2 aliphatic heterocycles. The Balaban J connectivity index is 1.17. The van der Waals surface area contributed by atoms with E-state index in [1.54, 1.807) is 0 Å². The van der Waals surface area contributed by atoms with Crippen LogP contribution in [0.15, 0.2) is 0 Å². The topological polar surface area (TPSA) is 239 Å². The van der Waals surface area contributed by atoms with Crippen molar-refractivity contribution >= 4 is 0 Å². The molecule has 14 nitrogen and oxygen atoms in total. The van der Waals surface area contributed by atoms with Crippen LogP contribution in [0.1, 0.15) is 106 Å². The van der Waals surface area contributed by atoms with Crippen molar-refractivity contribution in [3.05, 3.63) is 0 Å². The third kappa shape index (κ3) is 6.33. The Labute approximate surface area is 325 Å². The average molecular weight is 787 g/mol. The number of ether oxygens (including phenoxy) is 4. The van der Waals surface area contributed by atoms with Crippen LogP contribution in [0.25, 0.3) is 0 Å². The lowest BCUT2D eigenvalue weighted by molar-refractivity contribution is -0.316. The molecule has 2 spiro atoms. The fraction of sp³-hybridized carbons (Fsp3) is 1.00. The molecule has 7 aliphatic rings. The third-order valence-corrected chi connectivity index (χ3v) is 17.4. The SMILES string of the molecule is C[C@H](C(O)CC(O)C(C)(C)O)[C@H]1C(O[C@@H]2O[C@H](CO)[C@@H](O)[C@H](O)[C@H]2O)C[C@@]2(C)[C@@H]3CC[C@H]4C(C)(C)C(O[C@@H]5OC[C@@H](O)[C@H](O)[C@H]5O)CC[C@@]45C[C@@]35CC[C@]12C. The normalized spacial score (nSPS) is 53.6. The Hall–Kier alpha value is -0.560. The summed E-state index contributed by atoms with van der Waals surface area (Å²) < 4.78 is 24.7. The molecule has 0 aromatic heterocycles. The molecule has 5 aliphatic carbocycles. The number of aliphatic hydroxyl groups excluding tert-OH is 9. The van der Waals surface area contributed by atoms with Crippen molar-refractivity contribution in [1.82, 2.24) is 0 Å². The van der Waals surface area contributed by atoms with E-state index in [2.05, 4.69) is 27.7 Å². The minimum absolute atomic E-state index is 0.0420. The minimum Gasteiger partial charge on any atom is -0.394 e. The van der Waals surface area contributed by atoms with E-state index in [0.717, 1.165) is 44.9 Å². The van der Waals surface area contributed by atoms with Crippen molar-refractivity contribution < 1.29 is 70.0 Å². The zero-order valence-corrected chi connectivity index (χ0v) is 33.7. The van der Waals surface area contributed by atoms with Gasteiger partial charge >= 0.3 is 0 Å². The third-order valence-electron chi connectivity index (χ3n) is 17.4. The van der Waals surface area contributed by atoms with Crippen LogP contribution in [-0.2, 0) is 18.9 Å². The second-order valence-electron chi connectivity index (χ2n) is 20.7. The Morgan fingerprint density at radius 2 is 1.40 bits per heavy atom. The molecule has 0 aromatic carbocycles. The van der Waals surface area contributed by atoms with Gasteiger partial charge in [0.1, 0.15) is 42.7 Å². The van der Waals surface area contributed by atoms with Gasteiger partial charge in [-0.15, -0.1) is 0 Å². The Kier molecular flexibility index (Phi) is 11.1. The number of aliphatic hydroxyl groups is 10. The number of hydrogen-bond donors (Lipinski definition) is 10. The fourth-order valence-electron chi connectivity index (χ4n) is 14.1. The summed E-state index contributed by atoms with van der Waals surface area (Å²) in [7, 11) is 0. The number of rotatable bonds is 10. The summed E-state index contributed by atoms with van der Waals surface area (Å²) in [6.45, 7) is 13.5. The van der Waals surface area contributed by atoms with Crippen LogP contribution in [0.3, 0.4) is 0 Å². The summed E-state index contributed by atoms with van der Waals surface area (Å²) in [6, 6.07) is 0. The quantitative estimate of drug-likeness (QED) is 0.136. The first-order valence-electron chi connectivity index (χ1n) is 20.9. The molecule has 0 bridgehead atoms. The van der Waals surface area contributed by atoms with Crippen LogP contribution in [0, 0.1) is 50.7 Å². The summed E-state index contributed by atoms with van der Waals surface area (Å²) in [4.78, 5) is 0. The van der Waals surface area contributed by atoms with Gasteiger partial charge in [-0.3, -0.25) is 0 Å². The maximum Gasteiger partial charge on any atom is 0.186 e. The molecule has 4 unspecified atom stereocenters. The van der Waals surface area contributed by atoms with Gasteiger partial charge in [-0.2, -0.15) is 0 Å². The lowest BCUT2D eigenvalue weighted by Crippen LogP contribution is -2.60. The Morgan fingerprint density at radius 1 is 0.764 bits per heavy atom. The van der Waals surface area contributed by atoms with Crippen molar-refractivity contribution in [2.45, 2.75) is 192 Å². The lowest BCUT2D eigenvalue weighted by Gasteiger charge is -2.63. The molecule has 10 N–H and O–H groups in total. The van der Waals surface area contributed by atoms with E-state index in [4.69, 9.17) is 18.9 Å². The number of hydrogen-bond acceptors (Lipinski definition) is 14. The minimum atomic E-state index is -1.59. The Morgan fingerprint density at radius 3 is 2.05 bits per heavy atom. The molecule has 14 heteroatoms. The highest BCUT2D eigenvalue weighted by Crippen LogP contribution is 2.89. The largest absolute Gasteiger partial charge is 0.394 e. The molecular weight excluding hydrogens is 716 g/mol. The molecule has 21 atom stereocenters. The van der Waals surface area contributed by atoms with Crippen LogP contribution >= 0.6 is 0 Å². The molecule has 55 heavy (non-hydrogen) atoms. The lowest BCUT2D eigenvalue weighted by atomic mass is 9.41. The second-order valence-corrected chi connectivity index (χ2v) is 20.7. The summed E-state index contributed by atoms with van der Waals surface area (Å²) in [6.07, 6.45) is -7.73. The summed E-state index contributed by atoms with van der Waals surface area (Å²) in [5.74, 6) is -0.00182. The van der Waals surface area contributed by atoms with Crippen molar-refractivity contribution in [2.24, 2.45) is 50.7 Å². The first kappa shape index (κ1) is 42.6. The van der Waals surface area contributed by atoms with Crippen LogP contribution < -0.4 is 0 Å². The molecule has 7 rings (SSSR count). The molecule has 7 fully saturated rings.